The van der Waals surface area contributed by atoms with Gasteiger partial charge in [0, 0.05) is 16.0 Å². The van der Waals surface area contributed by atoms with Crippen molar-refractivity contribution in [3.63, 3.8) is 0 Å². The molecule has 0 bridgehead atoms. The van der Waals surface area contributed by atoms with E-state index < -0.39 is 34.7 Å². The second kappa shape index (κ2) is 7.33. The summed E-state index contributed by atoms with van der Waals surface area (Å²) < 4.78 is 30.4. The van der Waals surface area contributed by atoms with Crippen molar-refractivity contribution in [2.75, 3.05) is 11.9 Å². The Kier molecular flexibility index (Phi) is 4.96. The van der Waals surface area contributed by atoms with Crippen LogP contribution in [0.3, 0.4) is 0 Å². The summed E-state index contributed by atoms with van der Waals surface area (Å²) in [6, 6.07) is 0.248. The summed E-state index contributed by atoms with van der Waals surface area (Å²) in [5.41, 5.74) is 3.53. The molecule has 0 aliphatic heterocycles. The summed E-state index contributed by atoms with van der Waals surface area (Å²) in [5, 5.41) is 22.2. The number of aromatic nitrogens is 1. The molecule has 5 rings (SSSR count). The van der Waals surface area contributed by atoms with Crippen molar-refractivity contribution in [1.82, 2.24) is 4.98 Å². The molecule has 2 aromatic heterocycles. The molecule has 3 aliphatic carbocycles. The number of pyridine rings is 1. The predicted molar refractivity (Wildman–Crippen MR) is 116 cm³/mol. The van der Waals surface area contributed by atoms with Gasteiger partial charge in [0.15, 0.2) is 5.82 Å². The zero-order chi connectivity index (χ0) is 22.0. The van der Waals surface area contributed by atoms with Crippen LogP contribution >= 0.6 is 11.3 Å². The Hall–Kier alpha value is -1.88. The molecule has 0 radical (unpaired) electrons. The number of nitrogens with zero attached hydrogens (tertiary/aromatic N) is 2. The first kappa shape index (κ1) is 21.0. The number of thiophene rings is 1. The molecule has 2 aromatic rings. The fraction of sp³-hybridized carbons (Fsp3) is 0.524. The molecular weight excluding hydrogens is 441 g/mol. The molecule has 2 amide bonds. The van der Waals surface area contributed by atoms with Crippen molar-refractivity contribution in [3.05, 3.63) is 39.3 Å². The molecule has 3 aliphatic rings. The fourth-order valence-electron chi connectivity index (χ4n) is 4.67. The van der Waals surface area contributed by atoms with Gasteiger partial charge in [0.25, 0.3) is 0 Å². The van der Waals surface area contributed by atoms with Gasteiger partial charge in [-0.05, 0) is 69.1 Å². The number of hydrogen-bond acceptors (Lipinski definition) is 6. The Bertz CT molecular complexity index is 1180. The van der Waals surface area contributed by atoms with Crippen LogP contribution in [0.15, 0.2) is 14.6 Å². The summed E-state index contributed by atoms with van der Waals surface area (Å²) in [5.74, 6) is -0.812. The first-order valence-corrected chi connectivity index (χ1v) is 12.4. The van der Waals surface area contributed by atoms with Gasteiger partial charge in [-0.3, -0.25) is 4.98 Å². The van der Waals surface area contributed by atoms with E-state index in [1.807, 2.05) is 0 Å². The van der Waals surface area contributed by atoms with Gasteiger partial charge < -0.3 is 15.5 Å². The maximum atomic E-state index is 14.3. The second-order valence-electron chi connectivity index (χ2n) is 8.87. The van der Waals surface area contributed by atoms with Crippen LogP contribution in [-0.4, -0.2) is 32.0 Å². The Morgan fingerprint density at radius 3 is 2.84 bits per heavy atom. The number of hydrogen-bond donors (Lipinski definition) is 4. The van der Waals surface area contributed by atoms with Crippen molar-refractivity contribution in [2.24, 2.45) is 4.36 Å². The van der Waals surface area contributed by atoms with E-state index in [4.69, 9.17) is 4.98 Å². The lowest BCUT2D eigenvalue weighted by Crippen LogP contribution is -2.24. The minimum absolute atomic E-state index is 0.126. The molecule has 2 heterocycles. The lowest BCUT2D eigenvalue weighted by Gasteiger charge is -2.17. The lowest BCUT2D eigenvalue weighted by atomic mass is 10.0. The average molecular weight is 466 g/mol. The van der Waals surface area contributed by atoms with E-state index in [0.29, 0.717) is 0 Å². The van der Waals surface area contributed by atoms with Crippen LogP contribution < -0.4 is 5.32 Å². The third-order valence-electron chi connectivity index (χ3n) is 6.63. The van der Waals surface area contributed by atoms with E-state index in [1.165, 1.54) is 6.92 Å². The van der Waals surface area contributed by atoms with Crippen LogP contribution in [0.2, 0.25) is 0 Å². The maximum absolute atomic E-state index is 14.3. The van der Waals surface area contributed by atoms with Crippen LogP contribution in [0.5, 0.6) is 0 Å². The molecule has 2 atom stereocenters. The first-order valence-electron chi connectivity index (χ1n) is 10.4. The monoisotopic (exact) mass is 465 g/mol. The van der Waals surface area contributed by atoms with E-state index >= 15 is 0 Å². The Balaban J connectivity index is 1.45. The number of rotatable bonds is 4. The Morgan fingerprint density at radius 2 is 2.13 bits per heavy atom. The largest absolute Gasteiger partial charge is 0.393 e. The quantitative estimate of drug-likeness (QED) is 0.518. The molecule has 7 nitrogen and oxygen atoms in total. The maximum Gasteiger partial charge on any atom is 0.353 e. The molecule has 3 N–H and O–H groups in total. The standard InChI is InChI=1S/C21H24FN3O4S2/c1-20(28,10-26)15-9-13(22)18(30-15)31(29)25-19(27)24-16-11-3-2-4-14(11)23-17-12(16)5-6-21(17)7-8-21/h9,26,28,31H,2-8,10H2,1H3,(H,23,24,27)/t20-/m1/s1. The molecule has 0 aromatic carbocycles. The van der Waals surface area contributed by atoms with Gasteiger partial charge in [-0.25, -0.2) is 13.4 Å². The number of amides is 2. The van der Waals surface area contributed by atoms with E-state index in [9.17, 15) is 23.6 Å². The van der Waals surface area contributed by atoms with Gasteiger partial charge in [0.1, 0.15) is 9.81 Å². The average Bonchev–Trinajstić information content (AvgIpc) is 3.03. The zero-order valence-corrected chi connectivity index (χ0v) is 18.8. The topological polar surface area (TPSA) is 112 Å². The number of nitrogens with one attached hydrogen (secondary N) is 1. The van der Waals surface area contributed by atoms with Crippen molar-refractivity contribution >= 4 is 33.7 Å². The Morgan fingerprint density at radius 1 is 1.35 bits per heavy atom. The predicted octanol–water partition coefficient (Wildman–Crippen LogP) is 3.20. The van der Waals surface area contributed by atoms with Crippen LogP contribution in [-0.2, 0) is 40.9 Å². The van der Waals surface area contributed by atoms with Crippen molar-refractivity contribution in [2.45, 2.75) is 67.1 Å². The molecule has 1 spiro atoms. The first-order chi connectivity index (χ1) is 14.7. The molecular formula is C21H24FN3O4S2. The smallest absolute Gasteiger partial charge is 0.353 e. The molecule has 1 fully saturated rings. The van der Waals surface area contributed by atoms with Crippen LogP contribution in [0.1, 0.15) is 60.0 Å². The number of halogens is 1. The fourth-order valence-corrected chi connectivity index (χ4v) is 6.76. The van der Waals surface area contributed by atoms with Crippen molar-refractivity contribution in [1.29, 1.82) is 0 Å². The molecule has 1 saturated carbocycles. The third-order valence-corrected chi connectivity index (χ3v) is 9.46. The number of urea groups is 1. The van der Waals surface area contributed by atoms with Gasteiger partial charge in [0.05, 0.1) is 28.6 Å². The second-order valence-corrected chi connectivity index (χ2v) is 11.4. The van der Waals surface area contributed by atoms with Crippen molar-refractivity contribution < 1.29 is 23.6 Å². The SMILES string of the molecule is C[C@@](O)(CO)c1cc(F)c(/[SH](=O)=N/C(=O)Nc2c3c(nc4c2CCC42CC2)CCC3)s1. The summed E-state index contributed by atoms with van der Waals surface area (Å²) in [7, 11) is -2.68. The zero-order valence-electron chi connectivity index (χ0n) is 17.1. The number of thiol groups is 1. The molecule has 166 valence electrons. The number of aliphatic hydroxyl groups is 2. The minimum atomic E-state index is -2.68. The normalized spacial score (nSPS) is 21.0. The van der Waals surface area contributed by atoms with E-state index in [-0.39, 0.29) is 14.5 Å². The number of aryl methyl sites for hydroxylation is 1. The van der Waals surface area contributed by atoms with Gasteiger partial charge in [0.2, 0.25) is 0 Å². The third kappa shape index (κ3) is 3.49. The van der Waals surface area contributed by atoms with Crippen LogP contribution in [0.4, 0.5) is 14.9 Å². The van der Waals surface area contributed by atoms with E-state index in [0.717, 1.165) is 90.6 Å². The number of fused-ring (bicyclic) bond motifs is 3. The molecule has 31 heavy (non-hydrogen) atoms. The number of carbonyl (C=O) groups is 1. The van der Waals surface area contributed by atoms with E-state index in [2.05, 4.69) is 9.68 Å². The lowest BCUT2D eigenvalue weighted by molar-refractivity contribution is 0.000654. The number of aliphatic hydroxyl groups excluding tert-OH is 1. The minimum Gasteiger partial charge on any atom is -0.393 e. The molecule has 10 heteroatoms. The highest BCUT2D eigenvalue weighted by molar-refractivity contribution is 7.78. The highest BCUT2D eigenvalue weighted by Crippen LogP contribution is 2.58. The van der Waals surface area contributed by atoms with Crippen LogP contribution in [0.25, 0.3) is 0 Å². The summed E-state index contributed by atoms with van der Waals surface area (Å²) in [4.78, 5) is 17.7. The van der Waals surface area contributed by atoms with E-state index in [1.54, 1.807) is 0 Å². The summed E-state index contributed by atoms with van der Waals surface area (Å²) >= 11 is 0.743. The highest BCUT2D eigenvalue weighted by atomic mass is 32.2. The highest BCUT2D eigenvalue weighted by Gasteiger charge is 2.51. The number of carbonyl (C=O) groups excluding carboxylic acids is 1. The summed E-state index contributed by atoms with van der Waals surface area (Å²) in [6.45, 7) is 0.719. The molecule has 0 saturated heterocycles. The van der Waals surface area contributed by atoms with Crippen molar-refractivity contribution in [3.8, 4) is 0 Å². The van der Waals surface area contributed by atoms with Gasteiger partial charge in [-0.2, -0.15) is 0 Å². The van der Waals surface area contributed by atoms with Gasteiger partial charge in [-0.1, -0.05) is 0 Å². The van der Waals surface area contributed by atoms with Gasteiger partial charge >= 0.3 is 6.03 Å². The molecule has 1 unspecified atom stereocenters. The van der Waals surface area contributed by atoms with Crippen LogP contribution in [0, 0.1) is 5.82 Å². The number of anilines is 1. The Labute approximate surface area is 184 Å². The summed E-state index contributed by atoms with van der Waals surface area (Å²) in [6.07, 6.45) is 6.88. The van der Waals surface area contributed by atoms with Gasteiger partial charge in [-0.15, -0.1) is 15.7 Å².